The predicted octanol–water partition coefficient (Wildman–Crippen LogP) is 2.49. The maximum absolute atomic E-state index is 12.4. The molecule has 0 radical (unpaired) electrons. The third-order valence-corrected chi connectivity index (χ3v) is 5.17. The number of benzene rings is 2. The number of nitriles is 1. The van der Waals surface area contributed by atoms with E-state index >= 15 is 0 Å². The summed E-state index contributed by atoms with van der Waals surface area (Å²) >= 11 is 0. The molecule has 24 heavy (non-hydrogen) atoms. The van der Waals surface area contributed by atoms with E-state index in [9.17, 15) is 13.2 Å². The molecular weight excluding hydrogens is 326 g/mol. The van der Waals surface area contributed by atoms with Gasteiger partial charge in [0.2, 0.25) is 5.91 Å². The van der Waals surface area contributed by atoms with Crippen molar-refractivity contribution in [1.29, 1.82) is 5.26 Å². The number of amides is 1. The first-order chi connectivity index (χ1) is 11.5. The summed E-state index contributed by atoms with van der Waals surface area (Å²) in [4.78, 5) is 13.5. The summed E-state index contributed by atoms with van der Waals surface area (Å²) < 4.78 is 27.3. The number of carbonyl (C=O) groups is 1. The van der Waals surface area contributed by atoms with Crippen LogP contribution in [0.3, 0.4) is 0 Å². The van der Waals surface area contributed by atoms with Gasteiger partial charge in [0.15, 0.2) is 0 Å². The highest BCUT2D eigenvalue weighted by atomic mass is 32.2. The van der Waals surface area contributed by atoms with Crippen LogP contribution in [0.15, 0.2) is 53.4 Å². The first-order valence-corrected chi connectivity index (χ1v) is 8.91. The van der Waals surface area contributed by atoms with E-state index in [1.165, 1.54) is 18.2 Å². The lowest BCUT2D eigenvalue weighted by Crippen LogP contribution is -2.23. The van der Waals surface area contributed by atoms with Crippen molar-refractivity contribution in [3.8, 4) is 6.07 Å². The molecule has 1 saturated heterocycles. The molecule has 1 aliphatic heterocycles. The molecular formula is C17H15N3O3S. The number of rotatable bonds is 4. The van der Waals surface area contributed by atoms with Gasteiger partial charge in [0.25, 0.3) is 10.0 Å². The van der Waals surface area contributed by atoms with Crippen LogP contribution in [0.2, 0.25) is 0 Å². The first kappa shape index (κ1) is 16.0. The van der Waals surface area contributed by atoms with E-state index in [1.54, 1.807) is 35.2 Å². The number of nitrogens with zero attached hydrogens (tertiary/aromatic N) is 2. The quantitative estimate of drug-likeness (QED) is 0.925. The Morgan fingerprint density at radius 2 is 1.88 bits per heavy atom. The summed E-state index contributed by atoms with van der Waals surface area (Å²) in [6.45, 7) is 0.657. The smallest absolute Gasteiger partial charge is 0.261 e. The average Bonchev–Trinajstić information content (AvgIpc) is 3.01. The maximum atomic E-state index is 12.4. The zero-order chi connectivity index (χ0) is 17.2. The minimum Gasteiger partial charge on any atom is -0.312 e. The van der Waals surface area contributed by atoms with Gasteiger partial charge in [-0.1, -0.05) is 6.07 Å². The van der Waals surface area contributed by atoms with Gasteiger partial charge in [-0.05, 0) is 48.9 Å². The summed E-state index contributed by atoms with van der Waals surface area (Å²) in [5, 5.41) is 8.87. The largest absolute Gasteiger partial charge is 0.312 e. The molecule has 0 aliphatic carbocycles. The molecule has 0 spiro atoms. The standard InChI is InChI=1S/C17H15N3O3S/c18-12-13-3-1-4-14(11-13)19-24(22,23)16-8-6-15(7-9-16)20-10-2-5-17(20)21/h1,3-4,6-9,11,19H,2,5,10H2. The van der Waals surface area contributed by atoms with Gasteiger partial charge in [-0.15, -0.1) is 0 Å². The minimum absolute atomic E-state index is 0.0528. The maximum Gasteiger partial charge on any atom is 0.261 e. The van der Waals surface area contributed by atoms with Gasteiger partial charge in [0.1, 0.15) is 0 Å². The Hall–Kier alpha value is -2.85. The summed E-state index contributed by atoms with van der Waals surface area (Å²) in [7, 11) is -3.75. The van der Waals surface area contributed by atoms with E-state index < -0.39 is 10.0 Å². The van der Waals surface area contributed by atoms with Crippen LogP contribution in [0.25, 0.3) is 0 Å². The number of hydrogen-bond donors (Lipinski definition) is 1. The summed E-state index contributed by atoms with van der Waals surface area (Å²) in [6, 6.07) is 14.4. The Bertz CT molecular complexity index is 915. The molecule has 1 heterocycles. The van der Waals surface area contributed by atoms with Crippen LogP contribution in [-0.2, 0) is 14.8 Å². The molecule has 0 unspecified atom stereocenters. The lowest BCUT2D eigenvalue weighted by Gasteiger charge is -2.16. The van der Waals surface area contributed by atoms with Crippen LogP contribution in [0.1, 0.15) is 18.4 Å². The molecule has 1 aliphatic rings. The zero-order valence-corrected chi connectivity index (χ0v) is 13.6. The van der Waals surface area contributed by atoms with Crippen LogP contribution in [0.5, 0.6) is 0 Å². The molecule has 122 valence electrons. The second-order valence-electron chi connectivity index (χ2n) is 5.44. The highest BCUT2D eigenvalue weighted by Gasteiger charge is 2.22. The van der Waals surface area contributed by atoms with E-state index in [-0.39, 0.29) is 10.8 Å². The van der Waals surface area contributed by atoms with Crippen molar-refractivity contribution >= 4 is 27.3 Å². The molecule has 1 N–H and O–H groups in total. The van der Waals surface area contributed by atoms with Gasteiger partial charge in [-0.3, -0.25) is 9.52 Å². The van der Waals surface area contributed by atoms with Gasteiger partial charge >= 0.3 is 0 Å². The molecule has 0 aromatic heterocycles. The Balaban J connectivity index is 1.82. The zero-order valence-electron chi connectivity index (χ0n) is 12.8. The molecule has 2 aromatic carbocycles. The molecule has 7 heteroatoms. The normalized spacial score (nSPS) is 14.5. The van der Waals surface area contributed by atoms with Crippen LogP contribution >= 0.6 is 0 Å². The highest BCUT2D eigenvalue weighted by Crippen LogP contribution is 2.24. The lowest BCUT2D eigenvalue weighted by atomic mass is 10.2. The molecule has 0 bridgehead atoms. The fraction of sp³-hybridized carbons (Fsp3) is 0.176. The molecule has 0 saturated carbocycles. The first-order valence-electron chi connectivity index (χ1n) is 7.43. The molecule has 2 aromatic rings. The topological polar surface area (TPSA) is 90.3 Å². The van der Waals surface area contributed by atoms with Crippen molar-refractivity contribution in [3.05, 3.63) is 54.1 Å². The van der Waals surface area contributed by atoms with Crippen LogP contribution in [0, 0.1) is 11.3 Å². The molecule has 3 rings (SSSR count). The number of hydrogen-bond acceptors (Lipinski definition) is 4. The third kappa shape index (κ3) is 3.24. The molecule has 0 atom stereocenters. The van der Waals surface area contributed by atoms with Gasteiger partial charge in [-0.25, -0.2) is 8.42 Å². The van der Waals surface area contributed by atoms with E-state index in [0.29, 0.717) is 29.9 Å². The minimum atomic E-state index is -3.75. The number of sulfonamides is 1. The van der Waals surface area contributed by atoms with Crippen LogP contribution in [-0.4, -0.2) is 20.9 Å². The van der Waals surface area contributed by atoms with Crippen molar-refractivity contribution in [2.45, 2.75) is 17.7 Å². The number of anilines is 2. The van der Waals surface area contributed by atoms with Crippen molar-refractivity contribution < 1.29 is 13.2 Å². The van der Waals surface area contributed by atoms with Gasteiger partial charge < -0.3 is 4.90 Å². The third-order valence-electron chi connectivity index (χ3n) is 3.78. The van der Waals surface area contributed by atoms with E-state index in [2.05, 4.69) is 4.72 Å². The van der Waals surface area contributed by atoms with Crippen molar-refractivity contribution in [2.24, 2.45) is 0 Å². The Labute approximate surface area is 140 Å². The lowest BCUT2D eigenvalue weighted by molar-refractivity contribution is -0.117. The van der Waals surface area contributed by atoms with Crippen molar-refractivity contribution in [1.82, 2.24) is 0 Å². The molecule has 1 amide bonds. The van der Waals surface area contributed by atoms with Gasteiger partial charge in [0.05, 0.1) is 22.2 Å². The Morgan fingerprint density at radius 1 is 1.12 bits per heavy atom. The highest BCUT2D eigenvalue weighted by molar-refractivity contribution is 7.92. The second-order valence-corrected chi connectivity index (χ2v) is 7.12. The average molecular weight is 341 g/mol. The SMILES string of the molecule is N#Cc1cccc(NS(=O)(=O)c2ccc(N3CCCC3=O)cc2)c1. The van der Waals surface area contributed by atoms with Crippen molar-refractivity contribution in [2.75, 3.05) is 16.2 Å². The predicted molar refractivity (Wildman–Crippen MR) is 90.0 cm³/mol. The fourth-order valence-corrected chi connectivity index (χ4v) is 3.64. The summed E-state index contributed by atoms with van der Waals surface area (Å²) in [6.07, 6.45) is 1.34. The summed E-state index contributed by atoms with van der Waals surface area (Å²) in [5.74, 6) is 0.0528. The number of nitrogens with one attached hydrogen (secondary N) is 1. The molecule has 6 nitrogen and oxygen atoms in total. The van der Waals surface area contributed by atoms with E-state index in [4.69, 9.17) is 5.26 Å². The summed E-state index contributed by atoms with van der Waals surface area (Å²) in [5.41, 5.74) is 1.40. The van der Waals surface area contributed by atoms with Gasteiger partial charge in [-0.2, -0.15) is 5.26 Å². The second kappa shape index (κ2) is 6.34. The van der Waals surface area contributed by atoms with Gasteiger partial charge in [0, 0.05) is 18.7 Å². The van der Waals surface area contributed by atoms with Crippen LogP contribution in [0.4, 0.5) is 11.4 Å². The Morgan fingerprint density at radius 3 is 2.50 bits per heavy atom. The molecule has 1 fully saturated rings. The number of carbonyl (C=O) groups excluding carboxylic acids is 1. The fourth-order valence-electron chi connectivity index (χ4n) is 2.59. The Kier molecular flexibility index (Phi) is 4.23. The monoisotopic (exact) mass is 341 g/mol. The van der Waals surface area contributed by atoms with Crippen molar-refractivity contribution in [3.63, 3.8) is 0 Å². The van der Waals surface area contributed by atoms with E-state index in [1.807, 2.05) is 6.07 Å². The van der Waals surface area contributed by atoms with E-state index in [0.717, 1.165) is 6.42 Å². The van der Waals surface area contributed by atoms with Crippen LogP contribution < -0.4 is 9.62 Å².